The van der Waals surface area contributed by atoms with Gasteiger partial charge in [-0.3, -0.25) is 14.8 Å². The minimum absolute atomic E-state index is 0.390. The molecule has 0 aliphatic heterocycles. The van der Waals surface area contributed by atoms with Crippen molar-refractivity contribution >= 4 is 11.8 Å². The van der Waals surface area contributed by atoms with Crippen molar-refractivity contribution in [1.82, 2.24) is 10.8 Å². The van der Waals surface area contributed by atoms with Gasteiger partial charge < -0.3 is 10.4 Å². The summed E-state index contributed by atoms with van der Waals surface area (Å²) in [6, 6.07) is 5.82. The highest BCUT2D eigenvalue weighted by Crippen LogP contribution is 2.07. The van der Waals surface area contributed by atoms with E-state index in [2.05, 4.69) is 12.2 Å². The Morgan fingerprint density at radius 1 is 1.25 bits per heavy atom. The molecule has 0 bridgehead atoms. The van der Waals surface area contributed by atoms with E-state index in [1.54, 1.807) is 12.1 Å². The highest BCUT2D eigenvalue weighted by molar-refractivity contribution is 5.97. The Morgan fingerprint density at radius 3 is 2.30 bits per heavy atom. The molecule has 0 aromatic heterocycles. The Morgan fingerprint density at radius 2 is 1.85 bits per heavy atom. The van der Waals surface area contributed by atoms with E-state index in [1.807, 2.05) is 12.1 Å². The lowest BCUT2D eigenvalue weighted by molar-refractivity contribution is -0.133. The summed E-state index contributed by atoms with van der Waals surface area (Å²) in [5, 5.41) is 20.4. The molecule has 2 amide bonds. The van der Waals surface area contributed by atoms with E-state index in [0.29, 0.717) is 5.56 Å². The van der Waals surface area contributed by atoms with Crippen LogP contribution in [0.2, 0.25) is 0 Å². The van der Waals surface area contributed by atoms with Crippen molar-refractivity contribution in [2.75, 3.05) is 0 Å². The van der Waals surface area contributed by atoms with Crippen LogP contribution in [0.4, 0.5) is 0 Å². The first-order valence-electron chi connectivity index (χ1n) is 6.51. The van der Waals surface area contributed by atoms with Crippen molar-refractivity contribution in [2.45, 2.75) is 38.8 Å². The van der Waals surface area contributed by atoms with Gasteiger partial charge in [-0.25, -0.2) is 5.48 Å². The van der Waals surface area contributed by atoms with Crippen LogP contribution in [0.5, 0.6) is 0 Å². The Balaban J connectivity index is 2.76. The molecule has 1 rings (SSSR count). The quantitative estimate of drug-likeness (QED) is 0.453. The number of rotatable bonds is 6. The van der Waals surface area contributed by atoms with Crippen LogP contribution in [0.25, 0.3) is 0 Å². The van der Waals surface area contributed by atoms with Crippen LogP contribution >= 0.6 is 0 Å². The molecule has 0 fully saturated rings. The third kappa shape index (κ3) is 4.32. The molecular formula is C14H20N2O4. The maximum Gasteiger partial charge on any atom is 0.268 e. The van der Waals surface area contributed by atoms with Crippen molar-refractivity contribution in [1.29, 1.82) is 0 Å². The fraction of sp³-hybridized carbons (Fsp3) is 0.429. The summed E-state index contributed by atoms with van der Waals surface area (Å²) in [6.07, 6.45) is 0.836. The van der Waals surface area contributed by atoms with Gasteiger partial charge in [0.15, 0.2) is 0 Å². The van der Waals surface area contributed by atoms with E-state index >= 15 is 0 Å². The smallest absolute Gasteiger partial charge is 0.268 e. The van der Waals surface area contributed by atoms with Crippen LogP contribution in [0, 0.1) is 0 Å². The topological polar surface area (TPSA) is 98.7 Å². The van der Waals surface area contributed by atoms with Crippen molar-refractivity contribution < 1.29 is 19.9 Å². The highest BCUT2D eigenvalue weighted by atomic mass is 16.5. The zero-order valence-electron chi connectivity index (χ0n) is 11.6. The molecule has 0 aliphatic rings. The first-order chi connectivity index (χ1) is 9.49. The normalized spacial score (nSPS) is 13.4. The van der Waals surface area contributed by atoms with Gasteiger partial charge in [-0.05, 0) is 31.0 Å². The van der Waals surface area contributed by atoms with Gasteiger partial charge in [0.05, 0.1) is 6.10 Å². The monoisotopic (exact) mass is 280 g/mol. The Bertz CT molecular complexity index is 457. The lowest BCUT2D eigenvalue weighted by atomic mass is 10.1. The molecule has 1 aromatic rings. The molecule has 4 N–H and O–H groups in total. The number of aryl methyl sites for hydroxylation is 1. The van der Waals surface area contributed by atoms with Crippen LogP contribution in [0.1, 0.15) is 36.2 Å². The molecule has 0 saturated heterocycles. The number of hydroxylamine groups is 1. The minimum atomic E-state index is -1.21. The molecule has 110 valence electrons. The predicted molar refractivity (Wildman–Crippen MR) is 73.3 cm³/mol. The predicted octanol–water partition coefficient (Wildman–Crippen LogP) is 0.624. The van der Waals surface area contributed by atoms with Crippen molar-refractivity contribution in [2.24, 2.45) is 0 Å². The largest absolute Gasteiger partial charge is 0.391 e. The zero-order chi connectivity index (χ0) is 15.1. The summed E-state index contributed by atoms with van der Waals surface area (Å²) in [5.41, 5.74) is 2.93. The second-order valence-corrected chi connectivity index (χ2v) is 4.61. The molecule has 0 spiro atoms. The molecule has 0 saturated carbocycles. The molecule has 0 aliphatic carbocycles. The Labute approximate surface area is 117 Å². The summed E-state index contributed by atoms with van der Waals surface area (Å²) in [5.74, 6) is -1.35. The second kappa shape index (κ2) is 7.62. The zero-order valence-corrected chi connectivity index (χ0v) is 11.6. The maximum absolute atomic E-state index is 12.0. The third-order valence-electron chi connectivity index (χ3n) is 2.92. The number of aliphatic hydroxyl groups is 1. The number of carbonyl (C=O) groups is 2. The van der Waals surface area contributed by atoms with E-state index in [0.717, 1.165) is 18.4 Å². The van der Waals surface area contributed by atoms with Crippen LogP contribution in [0.15, 0.2) is 24.3 Å². The molecular weight excluding hydrogens is 260 g/mol. The minimum Gasteiger partial charge on any atom is -0.391 e. The fourth-order valence-electron chi connectivity index (χ4n) is 1.81. The third-order valence-corrected chi connectivity index (χ3v) is 2.92. The summed E-state index contributed by atoms with van der Waals surface area (Å²) >= 11 is 0. The summed E-state index contributed by atoms with van der Waals surface area (Å²) in [6.45, 7) is 3.42. The van der Waals surface area contributed by atoms with Gasteiger partial charge in [0.25, 0.3) is 11.8 Å². The van der Waals surface area contributed by atoms with Gasteiger partial charge in [-0.2, -0.15) is 0 Å². The summed E-state index contributed by atoms with van der Waals surface area (Å²) in [7, 11) is 0. The number of hydrogen-bond donors (Lipinski definition) is 4. The number of aliphatic hydroxyl groups excluding tert-OH is 1. The van der Waals surface area contributed by atoms with E-state index in [1.165, 1.54) is 12.4 Å². The van der Waals surface area contributed by atoms with Gasteiger partial charge in [0.1, 0.15) is 6.04 Å². The van der Waals surface area contributed by atoms with Crippen LogP contribution in [-0.4, -0.2) is 34.3 Å². The lowest BCUT2D eigenvalue weighted by Gasteiger charge is -2.19. The van der Waals surface area contributed by atoms with Gasteiger partial charge in [0, 0.05) is 5.56 Å². The summed E-state index contributed by atoms with van der Waals surface area (Å²) < 4.78 is 0. The maximum atomic E-state index is 12.0. The van der Waals surface area contributed by atoms with Crippen LogP contribution in [0.3, 0.4) is 0 Å². The fourth-order valence-corrected chi connectivity index (χ4v) is 1.81. The Kier molecular flexibility index (Phi) is 6.14. The van der Waals surface area contributed by atoms with E-state index in [-0.39, 0.29) is 0 Å². The average molecular weight is 280 g/mol. The number of hydrogen-bond acceptors (Lipinski definition) is 4. The summed E-state index contributed by atoms with van der Waals surface area (Å²) in [4.78, 5) is 23.3. The first kappa shape index (κ1) is 16.1. The lowest BCUT2D eigenvalue weighted by Crippen LogP contribution is -2.51. The van der Waals surface area contributed by atoms with Gasteiger partial charge in [0.2, 0.25) is 0 Å². The number of benzene rings is 1. The van der Waals surface area contributed by atoms with Crippen molar-refractivity contribution in [3.63, 3.8) is 0 Å². The molecule has 0 heterocycles. The Hall–Kier alpha value is -1.92. The van der Waals surface area contributed by atoms with Crippen molar-refractivity contribution in [3.05, 3.63) is 35.4 Å². The molecule has 6 nitrogen and oxygen atoms in total. The van der Waals surface area contributed by atoms with Crippen molar-refractivity contribution in [3.8, 4) is 0 Å². The molecule has 6 heteroatoms. The first-order valence-corrected chi connectivity index (χ1v) is 6.51. The van der Waals surface area contributed by atoms with Crippen LogP contribution < -0.4 is 10.8 Å². The highest BCUT2D eigenvalue weighted by Gasteiger charge is 2.25. The SMILES string of the molecule is CCCc1ccc(C(=O)NC(C(=O)NO)C(C)O)cc1. The van der Waals surface area contributed by atoms with Gasteiger partial charge in [-0.1, -0.05) is 25.5 Å². The van der Waals surface area contributed by atoms with E-state index < -0.39 is 24.0 Å². The van der Waals surface area contributed by atoms with Crippen LogP contribution in [-0.2, 0) is 11.2 Å². The van der Waals surface area contributed by atoms with Gasteiger partial charge in [-0.15, -0.1) is 0 Å². The van der Waals surface area contributed by atoms with Gasteiger partial charge >= 0.3 is 0 Å². The standard InChI is InChI=1S/C14H20N2O4/c1-3-4-10-5-7-11(8-6-10)13(18)15-12(9(2)17)14(19)16-20/h5-9,12,17,20H,3-4H2,1-2H3,(H,15,18)(H,16,19). The molecule has 1 aromatic carbocycles. The molecule has 2 atom stereocenters. The second-order valence-electron chi connectivity index (χ2n) is 4.61. The number of carbonyl (C=O) groups excluding carboxylic acids is 2. The molecule has 0 radical (unpaired) electrons. The molecule has 2 unspecified atom stereocenters. The number of amides is 2. The number of nitrogens with one attached hydrogen (secondary N) is 2. The average Bonchev–Trinajstić information content (AvgIpc) is 2.44. The van der Waals surface area contributed by atoms with E-state index in [4.69, 9.17) is 5.21 Å². The molecule has 20 heavy (non-hydrogen) atoms. The van der Waals surface area contributed by atoms with E-state index in [9.17, 15) is 14.7 Å².